The SMILES string of the molecule is O=C1O[C@H](CC[C@H](O)c2ccc(F)cc2)[C@@H](c2ccc(-c3ccc(P(=O)(O)O)cc3)cc2O)N1c1ccc(F)cc1. The first-order chi connectivity index (χ1) is 19.5. The van der Waals surface area contributed by atoms with Crippen molar-refractivity contribution in [1.82, 2.24) is 0 Å². The maximum absolute atomic E-state index is 13.7. The third kappa shape index (κ3) is 6.16. The Morgan fingerprint density at radius 1 is 0.854 bits per heavy atom. The van der Waals surface area contributed by atoms with Gasteiger partial charge in [-0.3, -0.25) is 9.46 Å². The number of cyclic esters (lactones) is 1. The van der Waals surface area contributed by atoms with Gasteiger partial charge in [0.1, 0.15) is 29.5 Å². The number of aliphatic hydroxyl groups is 1. The molecule has 11 heteroatoms. The highest BCUT2D eigenvalue weighted by molar-refractivity contribution is 7.60. The minimum Gasteiger partial charge on any atom is -0.508 e. The number of ether oxygens (including phenoxy) is 1. The van der Waals surface area contributed by atoms with E-state index in [2.05, 4.69) is 0 Å². The Morgan fingerprint density at radius 2 is 1.44 bits per heavy atom. The van der Waals surface area contributed by atoms with Crippen LogP contribution in [0, 0.1) is 11.6 Å². The van der Waals surface area contributed by atoms with Crippen molar-refractivity contribution in [3.8, 4) is 16.9 Å². The molecule has 5 rings (SSSR count). The lowest BCUT2D eigenvalue weighted by atomic mass is 9.92. The lowest BCUT2D eigenvalue weighted by molar-refractivity contribution is 0.100. The van der Waals surface area contributed by atoms with Crippen LogP contribution in [0.25, 0.3) is 11.1 Å². The van der Waals surface area contributed by atoms with Crippen molar-refractivity contribution in [3.63, 3.8) is 0 Å². The number of carbonyl (C=O) groups excluding carboxylic acids is 1. The fourth-order valence-corrected chi connectivity index (χ4v) is 5.49. The molecule has 8 nitrogen and oxygen atoms in total. The van der Waals surface area contributed by atoms with E-state index in [1.54, 1.807) is 12.1 Å². The fraction of sp³-hybridized carbons (Fsp3) is 0.167. The number of phenolic OH excluding ortho intramolecular Hbond substituents is 1. The number of rotatable bonds is 8. The van der Waals surface area contributed by atoms with Crippen molar-refractivity contribution in [3.05, 3.63) is 114 Å². The number of anilines is 1. The number of benzene rings is 4. The molecule has 1 heterocycles. The van der Waals surface area contributed by atoms with Crippen molar-refractivity contribution >= 4 is 24.7 Å². The summed E-state index contributed by atoms with van der Waals surface area (Å²) in [5, 5.41) is 21.7. The number of hydrogen-bond donors (Lipinski definition) is 4. The quantitative estimate of drug-likeness (QED) is 0.196. The molecule has 1 aliphatic heterocycles. The Labute approximate surface area is 234 Å². The van der Waals surface area contributed by atoms with Gasteiger partial charge in [0, 0.05) is 11.3 Å². The zero-order chi connectivity index (χ0) is 29.3. The number of hydrogen-bond acceptors (Lipinski definition) is 5. The summed E-state index contributed by atoms with van der Waals surface area (Å²) in [4.78, 5) is 33.1. The molecule has 0 unspecified atom stereocenters. The van der Waals surface area contributed by atoms with Crippen LogP contribution in [-0.2, 0) is 9.30 Å². The van der Waals surface area contributed by atoms with Gasteiger partial charge in [0.15, 0.2) is 0 Å². The van der Waals surface area contributed by atoms with Gasteiger partial charge in [0.2, 0.25) is 0 Å². The van der Waals surface area contributed by atoms with E-state index in [1.165, 1.54) is 83.8 Å². The van der Waals surface area contributed by atoms with E-state index in [1.807, 2.05) is 0 Å². The van der Waals surface area contributed by atoms with Crippen LogP contribution in [0.5, 0.6) is 5.75 Å². The van der Waals surface area contributed by atoms with Gasteiger partial charge in [0.05, 0.1) is 11.4 Å². The fourth-order valence-electron chi connectivity index (χ4n) is 4.95. The number of phenols is 1. The molecule has 1 fully saturated rings. The van der Waals surface area contributed by atoms with Gasteiger partial charge in [-0.15, -0.1) is 0 Å². The third-order valence-electron chi connectivity index (χ3n) is 7.05. The predicted molar refractivity (Wildman–Crippen MR) is 148 cm³/mol. The molecule has 1 aliphatic rings. The molecule has 0 spiro atoms. The van der Waals surface area contributed by atoms with E-state index in [-0.39, 0.29) is 23.9 Å². The van der Waals surface area contributed by atoms with Crippen molar-refractivity contribution in [1.29, 1.82) is 0 Å². The molecule has 0 saturated carbocycles. The first-order valence-corrected chi connectivity index (χ1v) is 14.3. The van der Waals surface area contributed by atoms with Crippen LogP contribution in [0.3, 0.4) is 0 Å². The standard InChI is InChI=1S/C30H26F2NO7P/c31-21-6-1-19(2-7-21)26(34)15-16-28-29(33(30(36)40-28)23-10-8-22(32)9-11-23)25-14-5-20(17-27(25)35)18-3-12-24(13-4-18)41(37,38)39/h1-14,17,26,28-29,34-35H,15-16H2,(H2,37,38,39)/t26-,28+,29+/m0/s1. The van der Waals surface area contributed by atoms with Gasteiger partial charge in [-0.1, -0.05) is 36.4 Å². The van der Waals surface area contributed by atoms with Gasteiger partial charge in [0.25, 0.3) is 0 Å². The zero-order valence-electron chi connectivity index (χ0n) is 21.5. The monoisotopic (exact) mass is 581 g/mol. The summed E-state index contributed by atoms with van der Waals surface area (Å²) in [5.74, 6) is -1.09. The summed E-state index contributed by atoms with van der Waals surface area (Å²) in [7, 11) is -4.41. The summed E-state index contributed by atoms with van der Waals surface area (Å²) in [6, 6.07) is 20.3. The van der Waals surface area contributed by atoms with Gasteiger partial charge in [-0.05, 0) is 84.1 Å². The topological polar surface area (TPSA) is 128 Å². The van der Waals surface area contributed by atoms with Crippen molar-refractivity contribution in [2.45, 2.75) is 31.1 Å². The zero-order valence-corrected chi connectivity index (χ0v) is 22.4. The lowest BCUT2D eigenvalue weighted by Gasteiger charge is -2.26. The molecule has 1 amide bonds. The number of aromatic hydroxyl groups is 1. The second-order valence-electron chi connectivity index (χ2n) is 9.72. The molecular formula is C30H26F2NO7P. The first-order valence-electron chi connectivity index (χ1n) is 12.7. The summed E-state index contributed by atoms with van der Waals surface area (Å²) >= 11 is 0. The van der Waals surface area contributed by atoms with E-state index in [0.717, 1.165) is 0 Å². The van der Waals surface area contributed by atoms with Gasteiger partial charge in [-0.25, -0.2) is 13.6 Å². The predicted octanol–water partition coefficient (Wildman–Crippen LogP) is 5.72. The average molecular weight is 582 g/mol. The van der Waals surface area contributed by atoms with Crippen molar-refractivity contribution in [2.75, 3.05) is 4.90 Å². The highest BCUT2D eigenvalue weighted by Gasteiger charge is 2.44. The second-order valence-corrected chi connectivity index (χ2v) is 11.3. The Balaban J connectivity index is 1.46. The molecular weight excluding hydrogens is 555 g/mol. The Morgan fingerprint density at radius 3 is 2.02 bits per heavy atom. The van der Waals surface area contributed by atoms with Gasteiger partial charge in [-0.2, -0.15) is 0 Å². The van der Waals surface area contributed by atoms with Crippen LogP contribution < -0.4 is 10.2 Å². The van der Waals surface area contributed by atoms with Crippen LogP contribution in [0.2, 0.25) is 0 Å². The molecule has 0 aliphatic carbocycles. The van der Waals surface area contributed by atoms with E-state index >= 15 is 0 Å². The number of amides is 1. The molecule has 0 aromatic heterocycles. The normalized spacial score (nSPS) is 17.9. The molecule has 4 aromatic rings. The van der Waals surface area contributed by atoms with E-state index < -0.39 is 43.6 Å². The Kier molecular flexibility index (Phi) is 7.93. The molecule has 41 heavy (non-hydrogen) atoms. The summed E-state index contributed by atoms with van der Waals surface area (Å²) < 4.78 is 44.1. The second kappa shape index (κ2) is 11.4. The minimum atomic E-state index is -4.41. The maximum atomic E-state index is 13.7. The molecule has 4 aromatic carbocycles. The first kappa shape index (κ1) is 28.4. The van der Waals surface area contributed by atoms with Crippen LogP contribution >= 0.6 is 7.60 Å². The van der Waals surface area contributed by atoms with Crippen molar-refractivity contribution < 1.29 is 42.9 Å². The van der Waals surface area contributed by atoms with Crippen LogP contribution in [0.1, 0.15) is 36.1 Å². The highest BCUT2D eigenvalue weighted by atomic mass is 31.2. The molecule has 212 valence electrons. The largest absolute Gasteiger partial charge is 0.508 e. The highest BCUT2D eigenvalue weighted by Crippen LogP contribution is 2.44. The van der Waals surface area contributed by atoms with Gasteiger partial charge >= 0.3 is 13.7 Å². The smallest absolute Gasteiger partial charge is 0.415 e. The summed E-state index contributed by atoms with van der Waals surface area (Å²) in [6.07, 6.45) is -2.11. The number of aliphatic hydroxyl groups excluding tert-OH is 1. The third-order valence-corrected chi connectivity index (χ3v) is 8.02. The van der Waals surface area contributed by atoms with Crippen LogP contribution in [-0.4, -0.2) is 32.2 Å². The van der Waals surface area contributed by atoms with E-state index in [0.29, 0.717) is 27.9 Å². The molecule has 3 atom stereocenters. The number of halogens is 2. The van der Waals surface area contributed by atoms with Gasteiger partial charge < -0.3 is 24.7 Å². The average Bonchev–Trinajstić information content (AvgIpc) is 3.27. The minimum absolute atomic E-state index is 0.135. The van der Waals surface area contributed by atoms with Crippen LogP contribution in [0.4, 0.5) is 19.3 Å². The molecule has 0 radical (unpaired) electrons. The summed E-state index contributed by atoms with van der Waals surface area (Å²) in [6.45, 7) is 0. The molecule has 0 bridgehead atoms. The number of nitrogens with zero attached hydrogens (tertiary/aromatic N) is 1. The Hall–Kier alpha value is -4.08. The Bertz CT molecular complexity index is 1590. The lowest BCUT2D eigenvalue weighted by Crippen LogP contribution is -2.29. The maximum Gasteiger partial charge on any atom is 0.415 e. The van der Waals surface area contributed by atoms with E-state index in [9.17, 15) is 38.1 Å². The van der Waals surface area contributed by atoms with Crippen LogP contribution in [0.15, 0.2) is 91.0 Å². The van der Waals surface area contributed by atoms with E-state index in [4.69, 9.17) is 4.74 Å². The molecule has 4 N–H and O–H groups in total. The number of carbonyl (C=O) groups is 1. The van der Waals surface area contributed by atoms with Crippen molar-refractivity contribution in [2.24, 2.45) is 0 Å². The summed E-state index contributed by atoms with van der Waals surface area (Å²) in [5.41, 5.74) is 2.35. The molecule has 1 saturated heterocycles.